The fraction of sp³-hybridized carbons (Fsp3) is 0.650. The van der Waals surface area contributed by atoms with Gasteiger partial charge in [0.05, 0.1) is 5.92 Å². The zero-order chi connectivity index (χ0) is 34.0. The van der Waals surface area contributed by atoms with E-state index in [0.29, 0.717) is 25.8 Å². The van der Waals surface area contributed by atoms with E-state index in [1.165, 1.54) is 44.9 Å². The van der Waals surface area contributed by atoms with Crippen molar-refractivity contribution in [1.29, 1.82) is 0 Å². The van der Waals surface area contributed by atoms with E-state index in [0.717, 1.165) is 75.3 Å². The van der Waals surface area contributed by atoms with Gasteiger partial charge in [-0.25, -0.2) is 0 Å². The van der Waals surface area contributed by atoms with Gasteiger partial charge in [-0.2, -0.15) is 0 Å². The predicted molar refractivity (Wildman–Crippen MR) is 192 cm³/mol. The van der Waals surface area contributed by atoms with Gasteiger partial charge in [0.1, 0.15) is 6.04 Å². The number of nitrogens with zero attached hydrogens (tertiary/aromatic N) is 1. The molecule has 0 radical (unpaired) electrons. The van der Waals surface area contributed by atoms with Crippen LogP contribution < -0.4 is 10.6 Å². The van der Waals surface area contributed by atoms with Gasteiger partial charge in [-0.15, -0.1) is 0 Å². The standard InChI is InChI=1S/C40H63N3O4/c1-3-5-6-7-8-9-10-14-20-26-38(44)43-37(32-33-23-17-16-18-24-33)39(45)42-29-21-15-12-11-13-19-25-35(34-27-30-41-31-28-34)36(22-4-2)40(46)47/h16-18,23-24,27-28,30-31,35-37H,3-15,19-22,25-26,29,32H2,1-2H3,(H,42,45)(H,43,44)(H,46,47)/t35?,36?,37-/m0/s1. The second-order valence-corrected chi connectivity index (χ2v) is 13.2. The number of amides is 2. The molecule has 2 rings (SSSR count). The molecule has 0 aliphatic heterocycles. The summed E-state index contributed by atoms with van der Waals surface area (Å²) in [5.74, 6) is -1.22. The maximum Gasteiger partial charge on any atom is 0.307 e. The third kappa shape index (κ3) is 18.1. The van der Waals surface area contributed by atoms with E-state index in [4.69, 9.17) is 0 Å². The van der Waals surface area contributed by atoms with E-state index in [2.05, 4.69) is 22.5 Å². The van der Waals surface area contributed by atoms with Crippen molar-refractivity contribution in [3.05, 3.63) is 66.0 Å². The molecule has 2 amide bonds. The normalized spacial score (nSPS) is 13.1. The average molecular weight is 650 g/mol. The van der Waals surface area contributed by atoms with Gasteiger partial charge in [-0.3, -0.25) is 19.4 Å². The minimum absolute atomic E-state index is 0.0140. The highest BCUT2D eigenvalue weighted by Gasteiger charge is 2.28. The van der Waals surface area contributed by atoms with Crippen LogP contribution in [0.1, 0.15) is 153 Å². The van der Waals surface area contributed by atoms with Gasteiger partial charge in [-0.1, -0.05) is 134 Å². The van der Waals surface area contributed by atoms with E-state index in [-0.39, 0.29) is 23.7 Å². The maximum atomic E-state index is 13.1. The number of carboxylic acid groups (broad SMARTS) is 1. The molecule has 7 nitrogen and oxygen atoms in total. The van der Waals surface area contributed by atoms with Crippen LogP contribution in [0.3, 0.4) is 0 Å². The highest BCUT2D eigenvalue weighted by atomic mass is 16.4. The monoisotopic (exact) mass is 649 g/mol. The van der Waals surface area contributed by atoms with Crippen molar-refractivity contribution in [1.82, 2.24) is 15.6 Å². The Labute approximate surface area is 285 Å². The summed E-state index contributed by atoms with van der Waals surface area (Å²) in [5.41, 5.74) is 2.11. The summed E-state index contributed by atoms with van der Waals surface area (Å²) in [6, 6.07) is 13.2. The summed E-state index contributed by atoms with van der Waals surface area (Å²) in [6.45, 7) is 4.88. The van der Waals surface area contributed by atoms with Crippen LogP contribution in [0.2, 0.25) is 0 Å². The minimum atomic E-state index is -0.708. The Balaban J connectivity index is 1.68. The lowest BCUT2D eigenvalue weighted by Gasteiger charge is -2.24. The molecule has 0 aliphatic rings. The molecule has 7 heteroatoms. The summed E-state index contributed by atoms with van der Waals surface area (Å²) in [4.78, 5) is 42.0. The zero-order valence-corrected chi connectivity index (χ0v) is 29.4. The van der Waals surface area contributed by atoms with Gasteiger partial charge in [0.15, 0.2) is 0 Å². The van der Waals surface area contributed by atoms with Crippen LogP contribution in [0.5, 0.6) is 0 Å². The predicted octanol–water partition coefficient (Wildman–Crippen LogP) is 9.16. The number of benzene rings is 1. The highest BCUT2D eigenvalue weighted by molar-refractivity contribution is 5.87. The Kier molecular flexibility index (Phi) is 21.9. The van der Waals surface area contributed by atoms with Crippen molar-refractivity contribution in [3.8, 4) is 0 Å². The van der Waals surface area contributed by atoms with Gasteiger partial charge >= 0.3 is 5.97 Å². The number of pyridine rings is 1. The molecule has 0 saturated heterocycles. The summed E-state index contributed by atoms with van der Waals surface area (Å²) in [5, 5.41) is 16.0. The second kappa shape index (κ2) is 25.8. The lowest BCUT2D eigenvalue weighted by molar-refractivity contribution is -0.143. The van der Waals surface area contributed by atoms with Crippen LogP contribution in [-0.4, -0.2) is 40.5 Å². The summed E-state index contributed by atoms with van der Waals surface area (Å²) in [7, 11) is 0. The van der Waals surface area contributed by atoms with Gasteiger partial charge < -0.3 is 15.7 Å². The summed E-state index contributed by atoms with van der Waals surface area (Å²) in [6.07, 6.45) is 23.9. The number of carboxylic acids is 1. The number of carbonyl (C=O) groups is 3. The minimum Gasteiger partial charge on any atom is -0.481 e. The summed E-state index contributed by atoms with van der Waals surface area (Å²) < 4.78 is 0. The molecule has 47 heavy (non-hydrogen) atoms. The third-order valence-electron chi connectivity index (χ3n) is 9.22. The number of unbranched alkanes of at least 4 members (excludes halogenated alkanes) is 13. The van der Waals surface area contributed by atoms with Crippen molar-refractivity contribution in [2.24, 2.45) is 5.92 Å². The van der Waals surface area contributed by atoms with Gasteiger partial charge in [0.25, 0.3) is 0 Å². The van der Waals surface area contributed by atoms with Gasteiger partial charge in [0.2, 0.25) is 11.8 Å². The highest BCUT2D eigenvalue weighted by Crippen LogP contribution is 2.33. The molecule has 262 valence electrons. The Morgan fingerprint density at radius 3 is 1.91 bits per heavy atom. The fourth-order valence-electron chi connectivity index (χ4n) is 6.47. The Morgan fingerprint density at radius 2 is 1.30 bits per heavy atom. The van der Waals surface area contributed by atoms with Crippen LogP contribution >= 0.6 is 0 Å². The SMILES string of the molecule is CCCCCCCCCCCC(=O)N[C@@H](Cc1ccccc1)C(=O)NCCCCCCCCC(c1ccncc1)C(CCC)C(=O)O. The van der Waals surface area contributed by atoms with Crippen molar-refractivity contribution >= 4 is 17.8 Å². The van der Waals surface area contributed by atoms with Crippen LogP contribution in [0, 0.1) is 5.92 Å². The topological polar surface area (TPSA) is 108 Å². The van der Waals surface area contributed by atoms with E-state index in [1.807, 2.05) is 49.4 Å². The molecular formula is C40H63N3O4. The van der Waals surface area contributed by atoms with Crippen LogP contribution in [-0.2, 0) is 20.8 Å². The number of hydrogen-bond acceptors (Lipinski definition) is 4. The van der Waals surface area contributed by atoms with E-state index in [1.54, 1.807) is 12.4 Å². The molecule has 0 bridgehead atoms. The summed E-state index contributed by atoms with van der Waals surface area (Å²) >= 11 is 0. The van der Waals surface area contributed by atoms with Gasteiger partial charge in [-0.05, 0) is 54.9 Å². The van der Waals surface area contributed by atoms with Crippen molar-refractivity contribution < 1.29 is 19.5 Å². The van der Waals surface area contributed by atoms with Crippen molar-refractivity contribution in [2.75, 3.05) is 6.54 Å². The Hall–Kier alpha value is -3.22. The number of carbonyl (C=O) groups excluding carboxylic acids is 2. The molecule has 0 fully saturated rings. The lowest BCUT2D eigenvalue weighted by Crippen LogP contribution is -2.48. The molecule has 0 saturated carbocycles. The molecular weight excluding hydrogens is 586 g/mol. The number of nitrogens with one attached hydrogen (secondary N) is 2. The first-order chi connectivity index (χ1) is 23.0. The smallest absolute Gasteiger partial charge is 0.307 e. The molecule has 1 heterocycles. The van der Waals surface area contributed by atoms with E-state index < -0.39 is 12.0 Å². The van der Waals surface area contributed by atoms with Crippen LogP contribution in [0.4, 0.5) is 0 Å². The average Bonchev–Trinajstić information content (AvgIpc) is 3.08. The Bertz CT molecular complexity index is 1100. The zero-order valence-electron chi connectivity index (χ0n) is 29.4. The molecule has 0 spiro atoms. The quantitative estimate of drug-likeness (QED) is 0.0797. The van der Waals surface area contributed by atoms with E-state index >= 15 is 0 Å². The third-order valence-corrected chi connectivity index (χ3v) is 9.22. The number of hydrogen-bond donors (Lipinski definition) is 3. The largest absolute Gasteiger partial charge is 0.481 e. The molecule has 2 aromatic rings. The molecule has 0 aliphatic carbocycles. The molecule has 3 N–H and O–H groups in total. The number of aromatic nitrogens is 1. The fourth-order valence-corrected chi connectivity index (χ4v) is 6.47. The van der Waals surface area contributed by atoms with Crippen LogP contribution in [0.15, 0.2) is 54.9 Å². The first-order valence-corrected chi connectivity index (χ1v) is 18.7. The molecule has 1 aromatic carbocycles. The molecule has 3 atom stereocenters. The maximum absolute atomic E-state index is 13.1. The van der Waals surface area contributed by atoms with Crippen molar-refractivity contribution in [2.45, 2.75) is 154 Å². The first-order valence-electron chi connectivity index (χ1n) is 18.7. The number of aliphatic carboxylic acids is 1. The van der Waals surface area contributed by atoms with Crippen molar-refractivity contribution in [3.63, 3.8) is 0 Å². The molecule has 1 aromatic heterocycles. The second-order valence-electron chi connectivity index (χ2n) is 13.2. The molecule has 2 unspecified atom stereocenters. The van der Waals surface area contributed by atoms with Gasteiger partial charge in [0, 0.05) is 31.8 Å². The Morgan fingerprint density at radius 1 is 0.702 bits per heavy atom. The van der Waals surface area contributed by atoms with Crippen LogP contribution in [0.25, 0.3) is 0 Å². The lowest BCUT2D eigenvalue weighted by atomic mass is 9.80. The first kappa shape index (κ1) is 40.0. The number of rotatable bonds is 28. The van der Waals surface area contributed by atoms with E-state index in [9.17, 15) is 19.5 Å².